The Bertz CT molecular complexity index is 912. The fraction of sp³-hybridized carbons (Fsp3) is 0.235. The van der Waals surface area contributed by atoms with Gasteiger partial charge in [-0.05, 0) is 30.7 Å². The van der Waals surface area contributed by atoms with Crippen molar-refractivity contribution in [3.05, 3.63) is 58.9 Å². The summed E-state index contributed by atoms with van der Waals surface area (Å²) >= 11 is 7.22. The molecule has 4 nitrogen and oxygen atoms in total. The van der Waals surface area contributed by atoms with Crippen LogP contribution in [0.3, 0.4) is 0 Å². The molecule has 0 unspecified atom stereocenters. The lowest BCUT2D eigenvalue weighted by Gasteiger charge is -2.30. The molecule has 2 aromatic carbocycles. The number of fused-ring (bicyclic) bond motifs is 1. The summed E-state index contributed by atoms with van der Waals surface area (Å²) in [5, 5.41) is 0.647. The molecule has 0 N–H and O–H groups in total. The van der Waals surface area contributed by atoms with Gasteiger partial charge in [-0.3, -0.25) is 0 Å². The SMILES string of the molecule is CCCN1C(SCc2c(F)cccc2Cl)=NS(=O)(=O)c2ccccc21. The van der Waals surface area contributed by atoms with Gasteiger partial charge >= 0.3 is 0 Å². The second-order valence-electron chi connectivity index (χ2n) is 5.46. The lowest BCUT2D eigenvalue weighted by Crippen LogP contribution is -2.34. The lowest BCUT2D eigenvalue weighted by atomic mass is 10.2. The predicted molar refractivity (Wildman–Crippen MR) is 101 cm³/mol. The number of halogens is 2. The van der Waals surface area contributed by atoms with Crippen LogP contribution in [-0.4, -0.2) is 20.1 Å². The van der Waals surface area contributed by atoms with Crippen LogP contribution < -0.4 is 4.90 Å². The highest BCUT2D eigenvalue weighted by Crippen LogP contribution is 2.35. The van der Waals surface area contributed by atoms with Gasteiger partial charge in [0.25, 0.3) is 10.0 Å². The van der Waals surface area contributed by atoms with Crippen molar-refractivity contribution in [3.63, 3.8) is 0 Å². The second-order valence-corrected chi connectivity index (χ2v) is 8.38. The number of hydrogen-bond acceptors (Lipinski definition) is 4. The van der Waals surface area contributed by atoms with Crippen molar-refractivity contribution in [1.29, 1.82) is 0 Å². The smallest absolute Gasteiger partial charge is 0.286 e. The van der Waals surface area contributed by atoms with Gasteiger partial charge in [-0.2, -0.15) is 8.42 Å². The van der Waals surface area contributed by atoms with Gasteiger partial charge in [-0.25, -0.2) is 4.39 Å². The monoisotopic (exact) mass is 398 g/mol. The molecule has 0 spiro atoms. The molecule has 0 saturated carbocycles. The Morgan fingerprint density at radius 1 is 1.20 bits per heavy atom. The van der Waals surface area contributed by atoms with Gasteiger partial charge in [0.1, 0.15) is 10.7 Å². The minimum Gasteiger partial charge on any atom is -0.319 e. The quantitative estimate of drug-likeness (QED) is 0.749. The van der Waals surface area contributed by atoms with Crippen molar-refractivity contribution in [2.24, 2.45) is 4.40 Å². The summed E-state index contributed by atoms with van der Waals surface area (Å²) in [4.78, 5) is 2.05. The zero-order valence-corrected chi connectivity index (χ0v) is 15.8. The molecule has 0 aliphatic carbocycles. The Balaban J connectivity index is 1.96. The Labute approximate surface area is 155 Å². The topological polar surface area (TPSA) is 49.7 Å². The van der Waals surface area contributed by atoms with Crippen molar-refractivity contribution < 1.29 is 12.8 Å². The van der Waals surface area contributed by atoms with Crippen LogP contribution in [0.15, 0.2) is 51.8 Å². The molecular formula is C17H16ClFN2O2S2. The highest BCUT2D eigenvalue weighted by Gasteiger charge is 2.30. The number of benzene rings is 2. The maximum Gasteiger partial charge on any atom is 0.286 e. The summed E-state index contributed by atoms with van der Waals surface area (Å²) in [7, 11) is -3.77. The van der Waals surface area contributed by atoms with Crippen LogP contribution in [0, 0.1) is 5.82 Å². The van der Waals surface area contributed by atoms with Crippen molar-refractivity contribution >= 4 is 44.2 Å². The highest BCUT2D eigenvalue weighted by atomic mass is 35.5. The first-order valence-corrected chi connectivity index (χ1v) is 10.5. The van der Waals surface area contributed by atoms with Gasteiger partial charge in [0.15, 0.2) is 5.17 Å². The first kappa shape index (κ1) is 18.2. The molecule has 0 bridgehead atoms. The molecule has 0 radical (unpaired) electrons. The van der Waals surface area contributed by atoms with Gasteiger partial charge in [0.05, 0.1) is 5.69 Å². The predicted octanol–water partition coefficient (Wildman–Crippen LogP) is 4.69. The average molecular weight is 399 g/mol. The van der Waals surface area contributed by atoms with E-state index in [0.29, 0.717) is 28.0 Å². The van der Waals surface area contributed by atoms with E-state index in [1.54, 1.807) is 30.3 Å². The molecule has 8 heteroatoms. The molecule has 0 amide bonds. The Morgan fingerprint density at radius 2 is 1.96 bits per heavy atom. The van der Waals surface area contributed by atoms with Crippen molar-refractivity contribution in [3.8, 4) is 0 Å². The number of amidine groups is 1. The summed E-state index contributed by atoms with van der Waals surface area (Å²) < 4.78 is 42.8. The molecule has 0 aromatic heterocycles. The van der Waals surface area contributed by atoms with E-state index in [1.807, 2.05) is 11.8 Å². The number of anilines is 1. The molecule has 0 fully saturated rings. The minimum atomic E-state index is -3.77. The molecular weight excluding hydrogens is 383 g/mol. The van der Waals surface area contributed by atoms with Crippen LogP contribution in [0.25, 0.3) is 0 Å². The number of rotatable bonds is 4. The Kier molecular flexibility index (Phi) is 5.36. The Hall–Kier alpha value is -1.57. The summed E-state index contributed by atoms with van der Waals surface area (Å²) in [5.41, 5.74) is 0.936. The molecule has 2 aromatic rings. The summed E-state index contributed by atoms with van der Waals surface area (Å²) in [6, 6.07) is 11.2. The fourth-order valence-corrected chi connectivity index (χ4v) is 5.38. The van der Waals surface area contributed by atoms with E-state index < -0.39 is 15.8 Å². The number of thioether (sulfide) groups is 1. The molecule has 0 atom stereocenters. The second kappa shape index (κ2) is 7.35. The van der Waals surface area contributed by atoms with Crippen LogP contribution in [0.1, 0.15) is 18.9 Å². The number of para-hydroxylation sites is 1. The van der Waals surface area contributed by atoms with E-state index in [9.17, 15) is 12.8 Å². The maximum atomic E-state index is 14.0. The van der Waals surface area contributed by atoms with E-state index in [-0.39, 0.29) is 10.6 Å². The molecule has 1 aliphatic rings. The molecule has 0 saturated heterocycles. The van der Waals surface area contributed by atoms with E-state index in [1.165, 1.54) is 23.9 Å². The molecule has 132 valence electrons. The standard InChI is InChI=1S/C17H16ClFN2O2S2/c1-2-10-21-15-8-3-4-9-16(15)25(22,23)20-17(21)24-11-12-13(18)6-5-7-14(12)19/h3-9H,2,10-11H2,1H3. The molecule has 1 heterocycles. The number of nitrogens with zero attached hydrogens (tertiary/aromatic N) is 2. The van der Waals surface area contributed by atoms with Gasteiger partial charge in [0, 0.05) is 22.9 Å². The van der Waals surface area contributed by atoms with Crippen LogP contribution >= 0.6 is 23.4 Å². The van der Waals surface area contributed by atoms with Crippen LogP contribution in [-0.2, 0) is 15.8 Å². The van der Waals surface area contributed by atoms with Crippen molar-refractivity contribution in [2.75, 3.05) is 11.4 Å². The van der Waals surface area contributed by atoms with E-state index in [0.717, 1.165) is 6.42 Å². The molecule has 1 aliphatic heterocycles. The third-order valence-corrected chi connectivity index (χ3v) is 6.50. The average Bonchev–Trinajstić information content (AvgIpc) is 2.57. The largest absolute Gasteiger partial charge is 0.319 e. The summed E-state index contributed by atoms with van der Waals surface area (Å²) in [5.74, 6) is -0.218. The third kappa shape index (κ3) is 3.68. The zero-order valence-electron chi connectivity index (χ0n) is 13.4. The van der Waals surface area contributed by atoms with Gasteiger partial charge < -0.3 is 4.90 Å². The van der Waals surface area contributed by atoms with Gasteiger partial charge in [-0.15, -0.1) is 4.40 Å². The minimum absolute atomic E-state index is 0.191. The maximum absolute atomic E-state index is 14.0. The lowest BCUT2D eigenvalue weighted by molar-refractivity contribution is 0.597. The van der Waals surface area contributed by atoms with E-state index in [4.69, 9.17) is 11.6 Å². The highest BCUT2D eigenvalue weighted by molar-refractivity contribution is 8.14. The van der Waals surface area contributed by atoms with Gasteiger partial charge in [0.2, 0.25) is 0 Å². The third-order valence-electron chi connectivity index (χ3n) is 3.72. The normalized spacial score (nSPS) is 15.6. The summed E-state index contributed by atoms with van der Waals surface area (Å²) in [6.07, 6.45) is 0.814. The fourth-order valence-electron chi connectivity index (χ4n) is 2.55. The zero-order chi connectivity index (χ0) is 18.0. The Morgan fingerprint density at radius 3 is 2.68 bits per heavy atom. The summed E-state index contributed by atoms with van der Waals surface area (Å²) in [6.45, 7) is 2.62. The molecule has 3 rings (SSSR count). The number of hydrogen-bond donors (Lipinski definition) is 0. The first-order valence-electron chi connectivity index (χ1n) is 7.71. The first-order chi connectivity index (χ1) is 11.9. The van der Waals surface area contributed by atoms with Crippen molar-refractivity contribution in [1.82, 2.24) is 0 Å². The van der Waals surface area contributed by atoms with Crippen molar-refractivity contribution in [2.45, 2.75) is 24.0 Å². The number of sulfonamides is 1. The van der Waals surface area contributed by atoms with Crippen LogP contribution in [0.5, 0.6) is 0 Å². The van der Waals surface area contributed by atoms with Crippen LogP contribution in [0.2, 0.25) is 5.02 Å². The van der Waals surface area contributed by atoms with Crippen LogP contribution in [0.4, 0.5) is 10.1 Å². The molecule has 25 heavy (non-hydrogen) atoms. The van der Waals surface area contributed by atoms with E-state index >= 15 is 0 Å². The van der Waals surface area contributed by atoms with E-state index in [2.05, 4.69) is 4.40 Å². The van der Waals surface area contributed by atoms with Gasteiger partial charge in [-0.1, -0.05) is 48.5 Å².